The van der Waals surface area contributed by atoms with E-state index in [2.05, 4.69) is 39.5 Å². The van der Waals surface area contributed by atoms with Crippen molar-refractivity contribution in [2.24, 2.45) is 11.8 Å². The van der Waals surface area contributed by atoms with Crippen LogP contribution in [0, 0.1) is 11.8 Å². The molecule has 0 aliphatic carbocycles. The van der Waals surface area contributed by atoms with Crippen LogP contribution in [0.25, 0.3) is 0 Å². The molecule has 28 heavy (non-hydrogen) atoms. The van der Waals surface area contributed by atoms with Crippen LogP contribution < -0.4 is 0 Å². The highest BCUT2D eigenvalue weighted by Gasteiger charge is 2.06. The van der Waals surface area contributed by atoms with Gasteiger partial charge in [0.1, 0.15) is 0 Å². The van der Waals surface area contributed by atoms with E-state index in [1.54, 1.807) is 0 Å². The summed E-state index contributed by atoms with van der Waals surface area (Å²) in [6, 6.07) is 0. The van der Waals surface area contributed by atoms with Crippen LogP contribution in [0.2, 0.25) is 0 Å². The van der Waals surface area contributed by atoms with Gasteiger partial charge in [0.05, 0.1) is 0 Å². The van der Waals surface area contributed by atoms with Gasteiger partial charge >= 0.3 is 0 Å². The van der Waals surface area contributed by atoms with Crippen molar-refractivity contribution in [3.8, 4) is 0 Å². The van der Waals surface area contributed by atoms with Crippen LogP contribution in [0.15, 0.2) is 0 Å². The molecule has 0 saturated carbocycles. The fourth-order valence-corrected chi connectivity index (χ4v) is 4.11. The first-order valence-corrected chi connectivity index (χ1v) is 13.3. The Kier molecular flexibility index (Phi) is 21.6. The largest absolute Gasteiger partial charge is 0.303 e. The van der Waals surface area contributed by atoms with Crippen LogP contribution in [0.4, 0.5) is 0 Å². The van der Waals surface area contributed by atoms with E-state index in [1.807, 2.05) is 0 Å². The predicted octanol–water partition coefficient (Wildman–Crippen LogP) is 9.25. The van der Waals surface area contributed by atoms with Gasteiger partial charge in [-0.2, -0.15) is 0 Å². The summed E-state index contributed by atoms with van der Waals surface area (Å²) in [5.74, 6) is 1.73. The van der Waals surface area contributed by atoms with Gasteiger partial charge in [0, 0.05) is 0 Å². The Morgan fingerprint density at radius 3 is 1.11 bits per heavy atom. The number of rotatable bonds is 22. The maximum atomic E-state index is 2.79. The fraction of sp³-hybridized carbons (Fsp3) is 1.00. The van der Waals surface area contributed by atoms with Crippen LogP contribution in [-0.4, -0.2) is 24.5 Å². The van der Waals surface area contributed by atoms with Crippen molar-refractivity contribution in [2.75, 3.05) is 19.6 Å². The monoisotopic (exact) mass is 395 g/mol. The molecule has 0 aromatic carbocycles. The smallest absolute Gasteiger partial charge is 0.00187 e. The van der Waals surface area contributed by atoms with E-state index in [-0.39, 0.29) is 0 Å². The van der Waals surface area contributed by atoms with Gasteiger partial charge < -0.3 is 4.90 Å². The topological polar surface area (TPSA) is 3.24 Å². The number of nitrogens with zero attached hydrogens (tertiary/aromatic N) is 1. The van der Waals surface area contributed by atoms with Crippen molar-refractivity contribution in [1.29, 1.82) is 0 Å². The average Bonchev–Trinajstić information content (AvgIpc) is 2.65. The normalized spacial score (nSPS) is 12.0. The molecule has 0 rings (SSSR count). The third-order valence-electron chi connectivity index (χ3n) is 6.09. The highest BCUT2D eigenvalue weighted by Crippen LogP contribution is 2.13. The number of hydrogen-bond donors (Lipinski definition) is 0. The highest BCUT2D eigenvalue weighted by atomic mass is 15.1. The predicted molar refractivity (Wildman–Crippen MR) is 130 cm³/mol. The van der Waals surface area contributed by atoms with E-state index >= 15 is 0 Å². The van der Waals surface area contributed by atoms with E-state index in [0.717, 1.165) is 11.8 Å². The Morgan fingerprint density at radius 1 is 0.429 bits per heavy atom. The molecule has 0 unspecified atom stereocenters. The van der Waals surface area contributed by atoms with Crippen molar-refractivity contribution in [2.45, 2.75) is 144 Å². The maximum Gasteiger partial charge on any atom is -0.00187 e. The Morgan fingerprint density at radius 2 is 0.750 bits per heavy atom. The van der Waals surface area contributed by atoms with Crippen molar-refractivity contribution < 1.29 is 0 Å². The lowest BCUT2D eigenvalue weighted by Crippen LogP contribution is -2.27. The van der Waals surface area contributed by atoms with E-state index in [0.29, 0.717) is 0 Å². The van der Waals surface area contributed by atoms with Crippen LogP contribution >= 0.6 is 0 Å². The number of unbranched alkanes of at least 4 members (excludes halogenated alkanes) is 12. The molecule has 0 aliphatic heterocycles. The lowest BCUT2D eigenvalue weighted by Gasteiger charge is -2.23. The lowest BCUT2D eigenvalue weighted by atomic mass is 10.0. The van der Waals surface area contributed by atoms with E-state index in [4.69, 9.17) is 0 Å². The summed E-state index contributed by atoms with van der Waals surface area (Å²) in [6.07, 6.45) is 24.4. The van der Waals surface area contributed by atoms with Gasteiger partial charge in [-0.3, -0.25) is 0 Å². The lowest BCUT2D eigenvalue weighted by molar-refractivity contribution is 0.251. The average molecular weight is 396 g/mol. The first-order chi connectivity index (χ1) is 13.6. The maximum absolute atomic E-state index is 2.79. The second-order valence-corrected chi connectivity index (χ2v) is 10.2. The van der Waals surface area contributed by atoms with Gasteiger partial charge in [-0.1, -0.05) is 125 Å². The van der Waals surface area contributed by atoms with Gasteiger partial charge in [-0.15, -0.1) is 0 Å². The van der Waals surface area contributed by atoms with Gasteiger partial charge in [0.25, 0.3) is 0 Å². The summed E-state index contributed by atoms with van der Waals surface area (Å²) in [5, 5.41) is 0. The van der Waals surface area contributed by atoms with Crippen molar-refractivity contribution in [3.05, 3.63) is 0 Å². The molecule has 0 atom stereocenters. The Balaban J connectivity index is 3.71. The Labute approximate surface area is 180 Å². The molecule has 0 bridgehead atoms. The minimum Gasteiger partial charge on any atom is -0.303 e. The molecule has 0 spiro atoms. The second kappa shape index (κ2) is 21.7. The van der Waals surface area contributed by atoms with E-state index in [9.17, 15) is 0 Å². The summed E-state index contributed by atoms with van der Waals surface area (Å²) in [4.78, 5) is 2.79. The standard InChI is InChI=1S/C27H57N/c1-6-7-8-9-10-11-12-13-14-15-18-23-28(24-19-16-21-26(2)3)25-20-17-22-27(4)5/h26-27H,6-25H2,1-5H3. The van der Waals surface area contributed by atoms with Crippen LogP contribution in [0.5, 0.6) is 0 Å². The summed E-state index contributed by atoms with van der Waals surface area (Å²) in [5.41, 5.74) is 0. The molecule has 0 saturated heterocycles. The quantitative estimate of drug-likeness (QED) is 0.165. The minimum atomic E-state index is 0.867. The number of hydrogen-bond acceptors (Lipinski definition) is 1. The zero-order chi connectivity index (χ0) is 20.9. The summed E-state index contributed by atoms with van der Waals surface area (Å²) < 4.78 is 0. The van der Waals surface area contributed by atoms with Crippen molar-refractivity contribution >= 4 is 0 Å². The third-order valence-corrected chi connectivity index (χ3v) is 6.09. The zero-order valence-corrected chi connectivity index (χ0v) is 20.7. The molecular weight excluding hydrogens is 338 g/mol. The van der Waals surface area contributed by atoms with Crippen molar-refractivity contribution in [1.82, 2.24) is 4.90 Å². The molecule has 170 valence electrons. The molecule has 1 heteroatoms. The molecule has 0 heterocycles. The molecule has 0 amide bonds. The van der Waals surface area contributed by atoms with Crippen LogP contribution in [0.3, 0.4) is 0 Å². The fourth-order valence-electron chi connectivity index (χ4n) is 4.11. The summed E-state index contributed by atoms with van der Waals surface area (Å²) in [6.45, 7) is 15.8. The molecule has 0 radical (unpaired) electrons. The Hall–Kier alpha value is -0.0400. The van der Waals surface area contributed by atoms with Gasteiger partial charge in [-0.05, 0) is 50.7 Å². The third kappa shape index (κ3) is 22.3. The van der Waals surface area contributed by atoms with E-state index < -0.39 is 0 Å². The summed E-state index contributed by atoms with van der Waals surface area (Å²) >= 11 is 0. The molecule has 0 aromatic heterocycles. The Bertz CT molecular complexity index is 268. The molecule has 0 N–H and O–H groups in total. The minimum absolute atomic E-state index is 0.867. The molecule has 1 nitrogen and oxygen atoms in total. The zero-order valence-electron chi connectivity index (χ0n) is 20.7. The van der Waals surface area contributed by atoms with Crippen LogP contribution in [-0.2, 0) is 0 Å². The van der Waals surface area contributed by atoms with Crippen molar-refractivity contribution in [3.63, 3.8) is 0 Å². The first-order valence-electron chi connectivity index (χ1n) is 13.3. The van der Waals surface area contributed by atoms with Gasteiger partial charge in [0.15, 0.2) is 0 Å². The van der Waals surface area contributed by atoms with Gasteiger partial charge in [0.2, 0.25) is 0 Å². The van der Waals surface area contributed by atoms with Crippen LogP contribution in [0.1, 0.15) is 144 Å². The molecule has 0 aliphatic rings. The SMILES string of the molecule is CCCCCCCCCCCCCN(CCCCC(C)C)CCCCC(C)C. The highest BCUT2D eigenvalue weighted by molar-refractivity contribution is 4.61. The van der Waals surface area contributed by atoms with E-state index in [1.165, 1.54) is 129 Å². The summed E-state index contributed by atoms with van der Waals surface area (Å²) in [7, 11) is 0. The molecule has 0 fully saturated rings. The molecular formula is C27H57N. The second-order valence-electron chi connectivity index (χ2n) is 10.2. The molecule has 0 aromatic rings. The van der Waals surface area contributed by atoms with Gasteiger partial charge in [-0.25, -0.2) is 0 Å². The first kappa shape index (κ1) is 28.0.